The standard InChI is InChI=1S/C16H13ClN2O3/c1-11(9-12-5-3-2-4-6-12)16(20)18-13-7-8-14(17)15(10-13)19(21)22/h2-10H,1H3,(H,18,20). The molecule has 0 unspecified atom stereocenters. The first kappa shape index (κ1) is 15.7. The number of nitrogens with one attached hydrogen (secondary N) is 1. The van der Waals surface area contributed by atoms with Crippen molar-refractivity contribution in [1.82, 2.24) is 0 Å². The summed E-state index contributed by atoms with van der Waals surface area (Å²) in [6.45, 7) is 1.67. The maximum atomic E-state index is 12.1. The highest BCUT2D eigenvalue weighted by atomic mass is 35.5. The van der Waals surface area contributed by atoms with E-state index in [0.29, 0.717) is 11.3 Å². The lowest BCUT2D eigenvalue weighted by molar-refractivity contribution is -0.384. The van der Waals surface area contributed by atoms with Gasteiger partial charge in [-0.3, -0.25) is 14.9 Å². The van der Waals surface area contributed by atoms with Gasteiger partial charge >= 0.3 is 0 Å². The Morgan fingerprint density at radius 3 is 2.55 bits per heavy atom. The average molecular weight is 317 g/mol. The number of hydrogen-bond donors (Lipinski definition) is 1. The fraction of sp³-hybridized carbons (Fsp3) is 0.0625. The largest absolute Gasteiger partial charge is 0.322 e. The Bertz CT molecular complexity index is 742. The van der Waals surface area contributed by atoms with E-state index < -0.39 is 4.92 Å². The van der Waals surface area contributed by atoms with Crippen LogP contribution in [0, 0.1) is 10.1 Å². The van der Waals surface area contributed by atoms with Gasteiger partial charge in [-0.1, -0.05) is 41.9 Å². The number of anilines is 1. The first-order chi connectivity index (χ1) is 10.5. The van der Waals surface area contributed by atoms with Crippen molar-refractivity contribution in [3.63, 3.8) is 0 Å². The second-order valence-corrected chi connectivity index (χ2v) is 5.02. The molecule has 1 N–H and O–H groups in total. The molecule has 6 heteroatoms. The molecule has 0 bridgehead atoms. The summed E-state index contributed by atoms with van der Waals surface area (Å²) in [5.41, 5.74) is 1.46. The number of hydrogen-bond acceptors (Lipinski definition) is 3. The molecule has 1 amide bonds. The monoisotopic (exact) mass is 316 g/mol. The first-order valence-corrected chi connectivity index (χ1v) is 6.84. The maximum Gasteiger partial charge on any atom is 0.289 e. The molecule has 0 fully saturated rings. The van der Waals surface area contributed by atoms with Crippen LogP contribution >= 0.6 is 11.6 Å². The van der Waals surface area contributed by atoms with Crippen molar-refractivity contribution < 1.29 is 9.72 Å². The minimum absolute atomic E-state index is 0.0274. The molecule has 5 nitrogen and oxygen atoms in total. The van der Waals surface area contributed by atoms with Crippen molar-refractivity contribution in [3.8, 4) is 0 Å². The highest BCUT2D eigenvalue weighted by Crippen LogP contribution is 2.27. The molecule has 0 atom stereocenters. The summed E-state index contributed by atoms with van der Waals surface area (Å²) in [7, 11) is 0. The molecule has 0 aliphatic carbocycles. The summed E-state index contributed by atoms with van der Waals surface area (Å²) >= 11 is 5.73. The Morgan fingerprint density at radius 1 is 1.23 bits per heavy atom. The number of nitro benzene ring substituents is 1. The summed E-state index contributed by atoms with van der Waals surface area (Å²) in [5.74, 6) is -0.333. The summed E-state index contributed by atoms with van der Waals surface area (Å²) in [4.78, 5) is 22.3. The Labute approximate surface area is 132 Å². The molecular formula is C16H13ClN2O3. The summed E-state index contributed by atoms with van der Waals surface area (Å²) in [6.07, 6.45) is 1.74. The van der Waals surface area contributed by atoms with Gasteiger partial charge in [-0.05, 0) is 30.7 Å². The van der Waals surface area contributed by atoms with Crippen molar-refractivity contribution in [2.45, 2.75) is 6.92 Å². The summed E-state index contributed by atoms with van der Waals surface area (Å²) in [6, 6.07) is 13.5. The number of nitrogens with zero attached hydrogens (tertiary/aromatic N) is 1. The molecule has 0 heterocycles. The van der Waals surface area contributed by atoms with E-state index in [0.717, 1.165) is 5.56 Å². The average Bonchev–Trinajstić information content (AvgIpc) is 2.49. The van der Waals surface area contributed by atoms with E-state index in [-0.39, 0.29) is 16.6 Å². The predicted molar refractivity (Wildman–Crippen MR) is 86.8 cm³/mol. The van der Waals surface area contributed by atoms with Gasteiger partial charge in [0, 0.05) is 17.3 Å². The smallest absolute Gasteiger partial charge is 0.289 e. The maximum absolute atomic E-state index is 12.1. The first-order valence-electron chi connectivity index (χ1n) is 6.46. The molecular weight excluding hydrogens is 304 g/mol. The van der Waals surface area contributed by atoms with Gasteiger partial charge in [0.25, 0.3) is 11.6 Å². The molecule has 2 aromatic carbocycles. The third kappa shape index (κ3) is 3.93. The lowest BCUT2D eigenvalue weighted by atomic mass is 10.1. The van der Waals surface area contributed by atoms with Gasteiger partial charge in [-0.15, -0.1) is 0 Å². The van der Waals surface area contributed by atoms with Crippen LogP contribution in [0.25, 0.3) is 6.08 Å². The Hall–Kier alpha value is -2.66. The van der Waals surface area contributed by atoms with Gasteiger partial charge in [-0.25, -0.2) is 0 Å². The molecule has 0 aromatic heterocycles. The Balaban J connectivity index is 2.17. The number of rotatable bonds is 4. The van der Waals surface area contributed by atoms with E-state index in [1.54, 1.807) is 13.0 Å². The highest BCUT2D eigenvalue weighted by molar-refractivity contribution is 6.32. The second-order valence-electron chi connectivity index (χ2n) is 4.62. The number of carbonyl (C=O) groups is 1. The molecule has 22 heavy (non-hydrogen) atoms. The van der Waals surface area contributed by atoms with Gasteiger partial charge in [0.15, 0.2) is 0 Å². The number of nitro groups is 1. The highest BCUT2D eigenvalue weighted by Gasteiger charge is 2.14. The lowest BCUT2D eigenvalue weighted by Crippen LogP contribution is -2.12. The van der Waals surface area contributed by atoms with Crippen molar-refractivity contribution in [2.24, 2.45) is 0 Å². The SMILES string of the molecule is CC(=Cc1ccccc1)C(=O)Nc1ccc(Cl)c([N+](=O)[O-])c1. The minimum Gasteiger partial charge on any atom is -0.322 e. The van der Waals surface area contributed by atoms with E-state index >= 15 is 0 Å². The molecule has 112 valence electrons. The minimum atomic E-state index is -0.593. The quantitative estimate of drug-likeness (QED) is 0.519. The fourth-order valence-electron chi connectivity index (χ4n) is 1.82. The molecule has 0 aliphatic heterocycles. The van der Waals surface area contributed by atoms with Crippen molar-refractivity contribution in [2.75, 3.05) is 5.32 Å². The molecule has 0 saturated heterocycles. The molecule has 2 aromatic rings. The Kier molecular flexibility index (Phi) is 4.91. The number of carbonyl (C=O) groups excluding carboxylic acids is 1. The van der Waals surface area contributed by atoms with Crippen LogP contribution in [0.3, 0.4) is 0 Å². The van der Waals surface area contributed by atoms with Crippen molar-refractivity contribution in [1.29, 1.82) is 0 Å². The van der Waals surface area contributed by atoms with Crippen LogP contribution < -0.4 is 5.32 Å². The van der Waals surface area contributed by atoms with E-state index in [2.05, 4.69) is 5.32 Å². The van der Waals surface area contributed by atoms with Crippen LogP contribution in [0.15, 0.2) is 54.1 Å². The molecule has 0 aliphatic rings. The third-order valence-corrected chi connectivity index (χ3v) is 3.26. The van der Waals surface area contributed by atoms with Crippen molar-refractivity contribution >= 4 is 35.0 Å². The Morgan fingerprint density at radius 2 is 1.91 bits per heavy atom. The summed E-state index contributed by atoms with van der Waals surface area (Å²) in [5, 5.41) is 13.5. The number of halogens is 1. The van der Waals surface area contributed by atoms with E-state index in [1.165, 1.54) is 18.2 Å². The van der Waals surface area contributed by atoms with Crippen LogP contribution in [0.1, 0.15) is 12.5 Å². The molecule has 0 saturated carbocycles. The van der Waals surface area contributed by atoms with Gasteiger partial charge < -0.3 is 5.32 Å². The third-order valence-electron chi connectivity index (χ3n) is 2.94. The van der Waals surface area contributed by atoms with Crippen LogP contribution in [-0.2, 0) is 4.79 Å². The molecule has 0 spiro atoms. The lowest BCUT2D eigenvalue weighted by Gasteiger charge is -2.06. The number of amides is 1. The number of benzene rings is 2. The van der Waals surface area contributed by atoms with Crippen LogP contribution in [0.2, 0.25) is 5.02 Å². The van der Waals surface area contributed by atoms with Crippen LogP contribution in [0.4, 0.5) is 11.4 Å². The molecule has 0 radical (unpaired) electrons. The zero-order valence-corrected chi connectivity index (χ0v) is 12.5. The van der Waals surface area contributed by atoms with Gasteiger partial charge in [0.2, 0.25) is 0 Å². The van der Waals surface area contributed by atoms with Crippen LogP contribution in [-0.4, -0.2) is 10.8 Å². The van der Waals surface area contributed by atoms with Gasteiger partial charge in [-0.2, -0.15) is 0 Å². The summed E-state index contributed by atoms with van der Waals surface area (Å²) < 4.78 is 0. The van der Waals surface area contributed by atoms with E-state index in [4.69, 9.17) is 11.6 Å². The fourth-order valence-corrected chi connectivity index (χ4v) is 2.01. The normalized spacial score (nSPS) is 11.1. The van der Waals surface area contributed by atoms with E-state index in [9.17, 15) is 14.9 Å². The van der Waals surface area contributed by atoms with Crippen LogP contribution in [0.5, 0.6) is 0 Å². The van der Waals surface area contributed by atoms with E-state index in [1.807, 2.05) is 30.3 Å². The zero-order chi connectivity index (χ0) is 16.1. The topological polar surface area (TPSA) is 72.2 Å². The zero-order valence-electron chi connectivity index (χ0n) is 11.7. The van der Waals surface area contributed by atoms with Gasteiger partial charge in [0.1, 0.15) is 5.02 Å². The van der Waals surface area contributed by atoms with Gasteiger partial charge in [0.05, 0.1) is 4.92 Å². The van der Waals surface area contributed by atoms with Crippen molar-refractivity contribution in [3.05, 3.63) is 74.8 Å². The molecule has 2 rings (SSSR count). The predicted octanol–water partition coefficient (Wildman–Crippen LogP) is 4.29. The second kappa shape index (κ2) is 6.87.